The lowest BCUT2D eigenvalue weighted by Gasteiger charge is -2.06. The molecule has 0 fully saturated rings. The maximum Gasteiger partial charge on any atom is 0.255 e. The number of carbonyl (C=O) groups is 1. The van der Waals surface area contributed by atoms with Gasteiger partial charge in [0.25, 0.3) is 5.91 Å². The van der Waals surface area contributed by atoms with Crippen molar-refractivity contribution in [3.05, 3.63) is 54.1 Å². The van der Waals surface area contributed by atoms with Crippen LogP contribution in [0.1, 0.15) is 10.4 Å². The van der Waals surface area contributed by atoms with E-state index in [4.69, 9.17) is 10.3 Å². The van der Waals surface area contributed by atoms with E-state index >= 15 is 0 Å². The highest BCUT2D eigenvalue weighted by Gasteiger charge is 2.12. The minimum absolute atomic E-state index is 0.200. The number of anilines is 2. The SMILES string of the molecule is Nc1noc2cccc(NC(=O)c3ccccc3)c12. The summed E-state index contributed by atoms with van der Waals surface area (Å²) in [5.74, 6) is 0.0626. The number of rotatable bonds is 2. The van der Waals surface area contributed by atoms with Crippen LogP contribution in [0.2, 0.25) is 0 Å². The van der Waals surface area contributed by atoms with Gasteiger partial charge in [-0.1, -0.05) is 29.4 Å². The summed E-state index contributed by atoms with van der Waals surface area (Å²) in [7, 11) is 0. The Morgan fingerprint density at radius 3 is 2.68 bits per heavy atom. The summed E-state index contributed by atoms with van der Waals surface area (Å²) in [5, 5.41) is 7.11. The molecule has 1 amide bonds. The van der Waals surface area contributed by atoms with Crippen molar-refractivity contribution < 1.29 is 9.32 Å². The number of fused-ring (bicyclic) bond motifs is 1. The Morgan fingerprint density at radius 1 is 1.11 bits per heavy atom. The molecule has 0 spiro atoms. The number of nitrogens with zero attached hydrogens (tertiary/aromatic N) is 1. The Kier molecular flexibility index (Phi) is 2.64. The summed E-state index contributed by atoms with van der Waals surface area (Å²) >= 11 is 0. The molecule has 3 rings (SSSR count). The number of benzene rings is 2. The smallest absolute Gasteiger partial charge is 0.255 e. The standard InChI is InChI=1S/C14H11N3O2/c15-13-12-10(7-4-8-11(12)19-17-13)16-14(18)9-5-2-1-3-6-9/h1-8H,(H2,15,17)(H,16,18). The lowest BCUT2D eigenvalue weighted by atomic mass is 10.2. The second-order valence-electron chi connectivity index (χ2n) is 4.07. The maximum atomic E-state index is 12.1. The van der Waals surface area contributed by atoms with E-state index in [2.05, 4.69) is 10.5 Å². The zero-order valence-corrected chi connectivity index (χ0v) is 9.96. The van der Waals surface area contributed by atoms with Crippen LogP contribution in [-0.2, 0) is 0 Å². The van der Waals surface area contributed by atoms with Crippen LogP contribution in [0.4, 0.5) is 11.5 Å². The molecule has 0 bridgehead atoms. The van der Waals surface area contributed by atoms with E-state index in [0.717, 1.165) is 0 Å². The first-order chi connectivity index (χ1) is 9.25. The van der Waals surface area contributed by atoms with Crippen LogP contribution in [0.5, 0.6) is 0 Å². The predicted octanol–water partition coefficient (Wildman–Crippen LogP) is 2.66. The van der Waals surface area contributed by atoms with Crippen LogP contribution < -0.4 is 11.1 Å². The van der Waals surface area contributed by atoms with Crippen molar-refractivity contribution in [2.24, 2.45) is 0 Å². The molecule has 0 saturated heterocycles. The van der Waals surface area contributed by atoms with Crippen molar-refractivity contribution in [1.82, 2.24) is 5.16 Å². The van der Waals surface area contributed by atoms with Gasteiger partial charge in [-0.3, -0.25) is 4.79 Å². The molecule has 0 atom stereocenters. The molecule has 0 radical (unpaired) electrons. The number of nitrogens with two attached hydrogens (primary N) is 1. The van der Waals surface area contributed by atoms with Gasteiger partial charge in [-0.05, 0) is 24.3 Å². The van der Waals surface area contributed by atoms with Gasteiger partial charge in [0.2, 0.25) is 0 Å². The van der Waals surface area contributed by atoms with Crippen LogP contribution in [0.3, 0.4) is 0 Å². The molecule has 1 aromatic heterocycles. The highest BCUT2D eigenvalue weighted by Crippen LogP contribution is 2.28. The summed E-state index contributed by atoms with van der Waals surface area (Å²) in [6.07, 6.45) is 0. The monoisotopic (exact) mass is 253 g/mol. The largest absolute Gasteiger partial charge is 0.380 e. The fourth-order valence-electron chi connectivity index (χ4n) is 1.90. The van der Waals surface area contributed by atoms with Gasteiger partial charge in [0.1, 0.15) is 0 Å². The average molecular weight is 253 g/mol. The van der Waals surface area contributed by atoms with Crippen molar-refractivity contribution in [2.45, 2.75) is 0 Å². The van der Waals surface area contributed by atoms with Crippen LogP contribution in [0.25, 0.3) is 11.0 Å². The van der Waals surface area contributed by atoms with Crippen LogP contribution in [0.15, 0.2) is 53.1 Å². The Hall–Kier alpha value is -2.82. The number of nitrogens with one attached hydrogen (secondary N) is 1. The Bertz CT molecular complexity index is 735. The van der Waals surface area contributed by atoms with E-state index in [1.165, 1.54) is 0 Å². The number of aromatic nitrogens is 1. The normalized spacial score (nSPS) is 10.5. The first-order valence-electron chi connectivity index (χ1n) is 5.76. The third-order valence-electron chi connectivity index (χ3n) is 2.81. The molecule has 3 N–H and O–H groups in total. The summed E-state index contributed by atoms with van der Waals surface area (Å²) in [4.78, 5) is 12.1. The molecule has 0 aliphatic heterocycles. The van der Waals surface area contributed by atoms with Crippen molar-refractivity contribution in [1.29, 1.82) is 0 Å². The van der Waals surface area contributed by atoms with Crippen molar-refractivity contribution in [3.63, 3.8) is 0 Å². The molecular weight excluding hydrogens is 242 g/mol. The van der Waals surface area contributed by atoms with Gasteiger partial charge in [-0.25, -0.2) is 0 Å². The highest BCUT2D eigenvalue weighted by molar-refractivity contribution is 6.10. The zero-order valence-electron chi connectivity index (χ0n) is 9.96. The van der Waals surface area contributed by atoms with Gasteiger partial charge in [-0.15, -0.1) is 0 Å². The van der Waals surface area contributed by atoms with Gasteiger partial charge in [-0.2, -0.15) is 0 Å². The molecule has 0 aliphatic rings. The van der Waals surface area contributed by atoms with Crippen LogP contribution >= 0.6 is 0 Å². The third kappa shape index (κ3) is 2.01. The summed E-state index contributed by atoms with van der Waals surface area (Å²) in [5.41, 5.74) is 7.45. The fraction of sp³-hybridized carbons (Fsp3) is 0. The lowest BCUT2D eigenvalue weighted by Crippen LogP contribution is -2.11. The Labute approximate surface area is 109 Å². The predicted molar refractivity (Wildman–Crippen MR) is 72.8 cm³/mol. The number of hydrogen-bond donors (Lipinski definition) is 2. The molecule has 1 heterocycles. The molecule has 5 nitrogen and oxygen atoms in total. The number of nitrogen functional groups attached to an aromatic ring is 1. The minimum atomic E-state index is -0.200. The minimum Gasteiger partial charge on any atom is -0.380 e. The molecule has 19 heavy (non-hydrogen) atoms. The Morgan fingerprint density at radius 2 is 1.89 bits per heavy atom. The molecule has 0 aliphatic carbocycles. The summed E-state index contributed by atoms with van der Waals surface area (Å²) < 4.78 is 5.05. The van der Waals surface area contributed by atoms with E-state index in [-0.39, 0.29) is 11.7 Å². The van der Waals surface area contributed by atoms with Crippen LogP contribution in [-0.4, -0.2) is 11.1 Å². The molecule has 5 heteroatoms. The number of amides is 1. The topological polar surface area (TPSA) is 81.2 Å². The molecule has 2 aromatic carbocycles. The zero-order chi connectivity index (χ0) is 13.2. The van der Waals surface area contributed by atoms with Crippen LogP contribution in [0, 0.1) is 0 Å². The van der Waals surface area contributed by atoms with Crippen molar-refractivity contribution >= 4 is 28.4 Å². The second kappa shape index (κ2) is 4.45. The highest BCUT2D eigenvalue weighted by atomic mass is 16.5. The lowest BCUT2D eigenvalue weighted by molar-refractivity contribution is 0.102. The summed E-state index contributed by atoms with van der Waals surface area (Å²) in [6.45, 7) is 0. The molecular formula is C14H11N3O2. The van der Waals surface area contributed by atoms with Gasteiger partial charge in [0.05, 0.1) is 11.1 Å². The van der Waals surface area contributed by atoms with Crippen molar-refractivity contribution in [3.8, 4) is 0 Å². The second-order valence-corrected chi connectivity index (χ2v) is 4.07. The molecule has 0 saturated carbocycles. The molecule has 3 aromatic rings. The number of carbonyl (C=O) groups excluding carboxylic acids is 1. The molecule has 94 valence electrons. The quantitative estimate of drug-likeness (QED) is 0.735. The van der Waals surface area contributed by atoms with Gasteiger partial charge < -0.3 is 15.6 Å². The summed E-state index contributed by atoms with van der Waals surface area (Å²) in [6, 6.07) is 14.2. The number of hydrogen-bond acceptors (Lipinski definition) is 4. The van der Waals surface area contributed by atoms with Gasteiger partial charge in [0.15, 0.2) is 11.4 Å². The average Bonchev–Trinajstić information content (AvgIpc) is 2.83. The Balaban J connectivity index is 1.98. The molecule has 0 unspecified atom stereocenters. The van der Waals surface area contributed by atoms with E-state index < -0.39 is 0 Å². The first kappa shape index (κ1) is 11.3. The van der Waals surface area contributed by atoms with E-state index in [1.807, 2.05) is 18.2 Å². The van der Waals surface area contributed by atoms with E-state index in [1.54, 1.807) is 30.3 Å². The van der Waals surface area contributed by atoms with Gasteiger partial charge in [0, 0.05) is 5.56 Å². The van der Waals surface area contributed by atoms with Crippen molar-refractivity contribution in [2.75, 3.05) is 11.1 Å². The van der Waals surface area contributed by atoms with Gasteiger partial charge >= 0.3 is 0 Å². The third-order valence-corrected chi connectivity index (χ3v) is 2.81. The van der Waals surface area contributed by atoms with E-state index in [0.29, 0.717) is 22.2 Å². The fourth-order valence-corrected chi connectivity index (χ4v) is 1.90. The van der Waals surface area contributed by atoms with E-state index in [9.17, 15) is 4.79 Å². The first-order valence-corrected chi connectivity index (χ1v) is 5.76. The maximum absolute atomic E-state index is 12.1.